The first-order chi connectivity index (χ1) is 8.60. The monoisotopic (exact) mass is 288 g/mol. The third-order valence-electron chi connectivity index (χ3n) is 2.74. The summed E-state index contributed by atoms with van der Waals surface area (Å²) < 4.78 is 0. The van der Waals surface area contributed by atoms with Crippen molar-refractivity contribution >= 4 is 29.1 Å². The zero-order chi connectivity index (χ0) is 13.5. The van der Waals surface area contributed by atoms with Crippen molar-refractivity contribution in [3.05, 3.63) is 33.8 Å². The summed E-state index contributed by atoms with van der Waals surface area (Å²) in [4.78, 5) is 13.5. The van der Waals surface area contributed by atoms with E-state index < -0.39 is 0 Å². The van der Waals surface area contributed by atoms with Crippen LogP contribution in [0.3, 0.4) is 0 Å². The topological polar surface area (TPSA) is 32.3 Å². The number of nitrogens with one attached hydrogen (secondary N) is 1. The van der Waals surface area contributed by atoms with Gasteiger partial charge >= 0.3 is 0 Å². The maximum atomic E-state index is 11.8. The molecule has 0 heterocycles. The Kier molecular flexibility index (Phi) is 6.47. The number of hydrogen-bond donors (Lipinski definition) is 1. The second-order valence-corrected chi connectivity index (χ2v) is 4.67. The van der Waals surface area contributed by atoms with E-state index in [4.69, 9.17) is 23.2 Å². The molecule has 0 saturated heterocycles. The molecular formula is C13H18Cl2N2O. The van der Waals surface area contributed by atoms with Crippen molar-refractivity contribution in [1.29, 1.82) is 0 Å². The van der Waals surface area contributed by atoms with Crippen LogP contribution in [-0.2, 0) is 11.3 Å². The average Bonchev–Trinajstić information content (AvgIpc) is 2.36. The van der Waals surface area contributed by atoms with Crippen LogP contribution in [0.1, 0.15) is 19.4 Å². The lowest BCUT2D eigenvalue weighted by atomic mass is 10.2. The molecule has 0 atom stereocenters. The fourth-order valence-electron chi connectivity index (χ4n) is 1.68. The van der Waals surface area contributed by atoms with E-state index in [2.05, 4.69) is 5.32 Å². The second kappa shape index (κ2) is 7.62. The molecule has 0 bridgehead atoms. The normalized spacial score (nSPS) is 10.4. The van der Waals surface area contributed by atoms with Gasteiger partial charge in [0.2, 0.25) is 5.91 Å². The highest BCUT2D eigenvalue weighted by molar-refractivity contribution is 6.42. The fraction of sp³-hybridized carbons (Fsp3) is 0.462. The Hall–Kier alpha value is -0.770. The number of halogens is 2. The van der Waals surface area contributed by atoms with E-state index in [1.807, 2.05) is 26.0 Å². The number of amides is 1. The molecule has 1 N–H and O–H groups in total. The van der Waals surface area contributed by atoms with Gasteiger partial charge in [-0.1, -0.05) is 35.3 Å². The SMILES string of the molecule is CCN(CC)C(=O)CNCc1cccc(Cl)c1Cl. The third kappa shape index (κ3) is 4.16. The van der Waals surface area contributed by atoms with E-state index in [1.54, 1.807) is 11.0 Å². The second-order valence-electron chi connectivity index (χ2n) is 3.88. The van der Waals surface area contributed by atoms with Crippen molar-refractivity contribution in [3.63, 3.8) is 0 Å². The number of carbonyl (C=O) groups is 1. The molecule has 0 spiro atoms. The summed E-state index contributed by atoms with van der Waals surface area (Å²) in [6, 6.07) is 5.48. The molecule has 1 amide bonds. The average molecular weight is 289 g/mol. The van der Waals surface area contributed by atoms with Crippen molar-refractivity contribution in [2.45, 2.75) is 20.4 Å². The van der Waals surface area contributed by atoms with Gasteiger partial charge in [0.05, 0.1) is 16.6 Å². The molecule has 0 unspecified atom stereocenters. The van der Waals surface area contributed by atoms with E-state index in [-0.39, 0.29) is 5.91 Å². The van der Waals surface area contributed by atoms with Gasteiger partial charge in [-0.25, -0.2) is 0 Å². The van der Waals surface area contributed by atoms with E-state index in [0.29, 0.717) is 23.1 Å². The van der Waals surface area contributed by atoms with Crippen molar-refractivity contribution in [2.75, 3.05) is 19.6 Å². The summed E-state index contributed by atoms with van der Waals surface area (Å²) in [6.45, 7) is 6.24. The molecule has 5 heteroatoms. The maximum absolute atomic E-state index is 11.8. The molecular weight excluding hydrogens is 271 g/mol. The summed E-state index contributed by atoms with van der Waals surface area (Å²) in [7, 11) is 0. The number of hydrogen-bond acceptors (Lipinski definition) is 2. The molecule has 3 nitrogen and oxygen atoms in total. The van der Waals surface area contributed by atoms with Gasteiger partial charge in [0.15, 0.2) is 0 Å². The van der Waals surface area contributed by atoms with Crippen LogP contribution in [0.5, 0.6) is 0 Å². The molecule has 0 aliphatic carbocycles. The predicted octanol–water partition coefficient (Wildman–Crippen LogP) is 2.95. The van der Waals surface area contributed by atoms with Crippen molar-refractivity contribution < 1.29 is 4.79 Å². The largest absolute Gasteiger partial charge is 0.342 e. The van der Waals surface area contributed by atoms with E-state index >= 15 is 0 Å². The van der Waals surface area contributed by atoms with Crippen LogP contribution in [0.25, 0.3) is 0 Å². The number of carbonyl (C=O) groups excluding carboxylic acids is 1. The van der Waals surface area contributed by atoms with Crippen LogP contribution in [0.4, 0.5) is 0 Å². The van der Waals surface area contributed by atoms with E-state index in [0.717, 1.165) is 18.7 Å². The lowest BCUT2D eigenvalue weighted by molar-refractivity contribution is -0.129. The summed E-state index contributed by atoms with van der Waals surface area (Å²) in [6.07, 6.45) is 0. The molecule has 1 aromatic carbocycles. The Morgan fingerprint density at radius 1 is 1.28 bits per heavy atom. The van der Waals surface area contributed by atoms with E-state index in [1.165, 1.54) is 0 Å². The minimum atomic E-state index is 0.0955. The van der Waals surface area contributed by atoms with Crippen LogP contribution in [0.2, 0.25) is 10.0 Å². The molecule has 100 valence electrons. The summed E-state index contributed by atoms with van der Waals surface area (Å²) in [5.74, 6) is 0.0955. The quantitative estimate of drug-likeness (QED) is 0.873. The van der Waals surface area contributed by atoms with Crippen LogP contribution >= 0.6 is 23.2 Å². The Morgan fingerprint density at radius 3 is 2.56 bits per heavy atom. The molecule has 1 rings (SSSR count). The van der Waals surface area contributed by atoms with Gasteiger partial charge in [0.25, 0.3) is 0 Å². The lowest BCUT2D eigenvalue weighted by Crippen LogP contribution is -2.37. The zero-order valence-corrected chi connectivity index (χ0v) is 12.2. The summed E-state index contributed by atoms with van der Waals surface area (Å²) in [5, 5.41) is 4.16. The number of likely N-dealkylation sites (N-methyl/N-ethyl adjacent to an activating group) is 1. The van der Waals surface area contributed by atoms with Gasteiger partial charge in [-0.2, -0.15) is 0 Å². The molecule has 0 aromatic heterocycles. The zero-order valence-electron chi connectivity index (χ0n) is 10.7. The van der Waals surface area contributed by atoms with Gasteiger partial charge in [-0.15, -0.1) is 0 Å². The summed E-state index contributed by atoms with van der Waals surface area (Å²) in [5.41, 5.74) is 0.900. The van der Waals surface area contributed by atoms with Gasteiger partial charge in [0.1, 0.15) is 0 Å². The fourth-order valence-corrected chi connectivity index (χ4v) is 2.06. The molecule has 18 heavy (non-hydrogen) atoms. The maximum Gasteiger partial charge on any atom is 0.236 e. The standard InChI is InChI=1S/C13H18Cl2N2O/c1-3-17(4-2)12(18)9-16-8-10-6-5-7-11(14)13(10)15/h5-7,16H,3-4,8-9H2,1-2H3. The number of rotatable bonds is 6. The lowest BCUT2D eigenvalue weighted by Gasteiger charge is -2.18. The van der Waals surface area contributed by atoms with Gasteiger partial charge in [-0.3, -0.25) is 4.79 Å². The van der Waals surface area contributed by atoms with Gasteiger partial charge < -0.3 is 10.2 Å². The third-order valence-corrected chi connectivity index (χ3v) is 3.60. The highest BCUT2D eigenvalue weighted by atomic mass is 35.5. The van der Waals surface area contributed by atoms with E-state index in [9.17, 15) is 4.79 Å². The molecule has 0 aliphatic rings. The van der Waals surface area contributed by atoms with Crippen molar-refractivity contribution in [3.8, 4) is 0 Å². The van der Waals surface area contributed by atoms with Crippen LogP contribution in [-0.4, -0.2) is 30.4 Å². The minimum Gasteiger partial charge on any atom is -0.342 e. The highest BCUT2D eigenvalue weighted by Crippen LogP contribution is 2.25. The smallest absolute Gasteiger partial charge is 0.236 e. The Morgan fingerprint density at radius 2 is 1.94 bits per heavy atom. The first-order valence-corrected chi connectivity index (χ1v) is 6.77. The molecule has 1 aromatic rings. The summed E-state index contributed by atoms with van der Waals surface area (Å²) >= 11 is 12.0. The van der Waals surface area contributed by atoms with Crippen LogP contribution in [0.15, 0.2) is 18.2 Å². The van der Waals surface area contributed by atoms with Crippen molar-refractivity contribution in [1.82, 2.24) is 10.2 Å². The Labute approximate surface area is 118 Å². The molecule has 0 fully saturated rings. The first-order valence-electron chi connectivity index (χ1n) is 6.01. The van der Waals surface area contributed by atoms with Gasteiger partial charge in [0, 0.05) is 19.6 Å². The molecule has 0 radical (unpaired) electrons. The number of benzene rings is 1. The predicted molar refractivity (Wildman–Crippen MR) is 76.1 cm³/mol. The Bertz CT molecular complexity index is 406. The van der Waals surface area contributed by atoms with Crippen LogP contribution in [0, 0.1) is 0 Å². The van der Waals surface area contributed by atoms with Crippen LogP contribution < -0.4 is 5.32 Å². The Balaban J connectivity index is 2.47. The molecule has 0 saturated carbocycles. The minimum absolute atomic E-state index is 0.0955. The van der Waals surface area contributed by atoms with Crippen molar-refractivity contribution in [2.24, 2.45) is 0 Å². The number of nitrogens with zero attached hydrogens (tertiary/aromatic N) is 1. The highest BCUT2D eigenvalue weighted by Gasteiger charge is 2.09. The van der Waals surface area contributed by atoms with Gasteiger partial charge in [-0.05, 0) is 25.5 Å². The first kappa shape index (κ1) is 15.3. The molecule has 0 aliphatic heterocycles.